The van der Waals surface area contributed by atoms with Crippen molar-refractivity contribution in [2.45, 2.75) is 36.2 Å². The summed E-state index contributed by atoms with van der Waals surface area (Å²) in [6.07, 6.45) is 2.09. The number of fused-ring (bicyclic) bond motifs is 3. The summed E-state index contributed by atoms with van der Waals surface area (Å²) in [6, 6.07) is 17.1. The number of amides is 1. The summed E-state index contributed by atoms with van der Waals surface area (Å²) in [5.74, 6) is 0.423. The summed E-state index contributed by atoms with van der Waals surface area (Å²) >= 11 is 1.34. The highest BCUT2D eigenvalue weighted by Crippen LogP contribution is 2.27. The van der Waals surface area contributed by atoms with Gasteiger partial charge in [0.05, 0.1) is 21.8 Å². The molecule has 1 atom stereocenters. The Morgan fingerprint density at radius 3 is 2.59 bits per heavy atom. The fourth-order valence-corrected chi connectivity index (χ4v) is 4.19. The molecule has 1 aliphatic rings. The second-order valence-corrected chi connectivity index (χ2v) is 8.46. The normalized spacial score (nSPS) is 14.9. The van der Waals surface area contributed by atoms with Gasteiger partial charge in [0.2, 0.25) is 11.7 Å². The number of rotatable bonds is 5. The zero-order valence-corrected chi connectivity index (χ0v) is 16.6. The molecule has 1 aliphatic carbocycles. The smallest absolute Gasteiger partial charge is 0.267 e. The van der Waals surface area contributed by atoms with Gasteiger partial charge in [0.25, 0.3) is 5.56 Å². The van der Waals surface area contributed by atoms with E-state index in [1.165, 1.54) is 11.8 Å². The average molecular weight is 405 g/mol. The maximum absolute atomic E-state index is 13.2. The highest BCUT2D eigenvalue weighted by Gasteiger charge is 2.27. The molecule has 0 unspecified atom stereocenters. The minimum Gasteiger partial charge on any atom is -0.352 e. The standard InChI is InChI=1S/C21H19N5O2S/c1-13(18(27)22-14-11-12-14)29-21-24-23-20-25(15-7-3-2-4-8-15)19(28)16-9-5-6-10-17(16)26(20)21/h2-10,13-14H,11-12H2,1H3,(H,22,27)/t13-/m0/s1. The highest BCUT2D eigenvalue weighted by molar-refractivity contribution is 8.00. The van der Waals surface area contributed by atoms with Crippen molar-refractivity contribution in [2.75, 3.05) is 0 Å². The lowest BCUT2D eigenvalue weighted by Gasteiger charge is -2.13. The fraction of sp³-hybridized carbons (Fsp3) is 0.238. The Morgan fingerprint density at radius 2 is 1.83 bits per heavy atom. The summed E-state index contributed by atoms with van der Waals surface area (Å²) in [5, 5.41) is 12.5. The van der Waals surface area contributed by atoms with E-state index in [2.05, 4.69) is 15.5 Å². The van der Waals surface area contributed by atoms with Gasteiger partial charge in [-0.15, -0.1) is 10.2 Å². The SMILES string of the molecule is C[C@H](Sc1nnc2n(-c3ccccc3)c(=O)c3ccccc3n12)C(=O)NC1CC1. The van der Waals surface area contributed by atoms with Gasteiger partial charge in [-0.1, -0.05) is 42.1 Å². The van der Waals surface area contributed by atoms with E-state index >= 15 is 0 Å². The number of thioether (sulfide) groups is 1. The van der Waals surface area contributed by atoms with Gasteiger partial charge in [-0.2, -0.15) is 0 Å². The van der Waals surface area contributed by atoms with Crippen molar-refractivity contribution >= 4 is 34.3 Å². The van der Waals surface area contributed by atoms with Crippen LogP contribution in [0.1, 0.15) is 19.8 Å². The second kappa shape index (κ2) is 7.04. The third kappa shape index (κ3) is 3.19. The Labute approximate surface area is 170 Å². The van der Waals surface area contributed by atoms with Crippen LogP contribution in [0.25, 0.3) is 22.4 Å². The molecule has 0 radical (unpaired) electrons. The van der Waals surface area contributed by atoms with Crippen molar-refractivity contribution in [3.8, 4) is 5.69 Å². The molecule has 8 heteroatoms. The molecule has 1 saturated carbocycles. The molecule has 0 saturated heterocycles. The number of aromatic nitrogens is 4. The molecule has 5 rings (SSSR count). The number of carbonyl (C=O) groups excluding carboxylic acids is 1. The molecule has 1 N–H and O–H groups in total. The number of para-hydroxylation sites is 2. The number of hydrogen-bond acceptors (Lipinski definition) is 5. The van der Waals surface area contributed by atoms with E-state index < -0.39 is 0 Å². The molecule has 0 bridgehead atoms. The highest BCUT2D eigenvalue weighted by atomic mass is 32.2. The predicted molar refractivity (Wildman–Crippen MR) is 113 cm³/mol. The molecule has 1 amide bonds. The molecule has 146 valence electrons. The van der Waals surface area contributed by atoms with Gasteiger partial charge in [0.15, 0.2) is 5.16 Å². The van der Waals surface area contributed by atoms with Crippen LogP contribution in [0.5, 0.6) is 0 Å². The van der Waals surface area contributed by atoms with Crippen molar-refractivity contribution in [1.82, 2.24) is 24.5 Å². The first-order chi connectivity index (χ1) is 14.1. The van der Waals surface area contributed by atoms with Gasteiger partial charge < -0.3 is 5.32 Å². The zero-order chi connectivity index (χ0) is 20.0. The van der Waals surface area contributed by atoms with E-state index in [0.29, 0.717) is 22.4 Å². The zero-order valence-electron chi connectivity index (χ0n) is 15.8. The quantitative estimate of drug-likeness (QED) is 0.517. The number of hydrogen-bond donors (Lipinski definition) is 1. The van der Waals surface area contributed by atoms with E-state index in [1.54, 1.807) is 10.6 Å². The molecule has 2 aromatic heterocycles. The van der Waals surface area contributed by atoms with E-state index in [-0.39, 0.29) is 16.7 Å². The molecule has 0 spiro atoms. The van der Waals surface area contributed by atoms with E-state index in [1.807, 2.05) is 59.9 Å². The van der Waals surface area contributed by atoms with Crippen molar-refractivity contribution in [3.63, 3.8) is 0 Å². The molecule has 29 heavy (non-hydrogen) atoms. The van der Waals surface area contributed by atoms with Crippen LogP contribution < -0.4 is 10.9 Å². The van der Waals surface area contributed by atoms with Crippen LogP contribution in [0.15, 0.2) is 64.5 Å². The van der Waals surface area contributed by atoms with E-state index in [4.69, 9.17) is 0 Å². The monoisotopic (exact) mass is 405 g/mol. The summed E-state index contributed by atoms with van der Waals surface area (Å²) < 4.78 is 3.42. The second-order valence-electron chi connectivity index (χ2n) is 7.15. The van der Waals surface area contributed by atoms with Crippen LogP contribution >= 0.6 is 11.8 Å². The van der Waals surface area contributed by atoms with Gasteiger partial charge in [-0.3, -0.25) is 14.0 Å². The van der Waals surface area contributed by atoms with Crippen molar-refractivity contribution in [2.24, 2.45) is 0 Å². The van der Waals surface area contributed by atoms with Crippen molar-refractivity contribution in [1.29, 1.82) is 0 Å². The summed E-state index contributed by atoms with van der Waals surface area (Å²) in [6.45, 7) is 1.86. The number of nitrogens with one attached hydrogen (secondary N) is 1. The lowest BCUT2D eigenvalue weighted by atomic mass is 10.2. The van der Waals surface area contributed by atoms with E-state index in [0.717, 1.165) is 24.0 Å². The Balaban J connectivity index is 1.68. The maximum Gasteiger partial charge on any atom is 0.267 e. The molecule has 7 nitrogen and oxygen atoms in total. The first-order valence-corrected chi connectivity index (χ1v) is 10.4. The van der Waals surface area contributed by atoms with Crippen LogP contribution in [0, 0.1) is 0 Å². The van der Waals surface area contributed by atoms with Crippen LogP contribution in [0.3, 0.4) is 0 Å². The molecule has 1 fully saturated rings. The molecule has 4 aromatic rings. The summed E-state index contributed by atoms with van der Waals surface area (Å²) in [5.41, 5.74) is 1.29. The van der Waals surface area contributed by atoms with E-state index in [9.17, 15) is 9.59 Å². The molecule has 2 heterocycles. The topological polar surface area (TPSA) is 81.3 Å². The molecule has 0 aliphatic heterocycles. The van der Waals surface area contributed by atoms with Crippen LogP contribution in [0.4, 0.5) is 0 Å². The largest absolute Gasteiger partial charge is 0.352 e. The average Bonchev–Trinajstić information content (AvgIpc) is 3.47. The molecule has 2 aromatic carbocycles. The lowest BCUT2D eigenvalue weighted by molar-refractivity contribution is -0.120. The third-order valence-electron chi connectivity index (χ3n) is 4.98. The predicted octanol–water partition coefficient (Wildman–Crippen LogP) is 2.79. The first kappa shape index (κ1) is 17.9. The Bertz CT molecular complexity index is 1280. The lowest BCUT2D eigenvalue weighted by Crippen LogP contribution is -2.32. The maximum atomic E-state index is 13.2. The number of carbonyl (C=O) groups is 1. The molecular weight excluding hydrogens is 386 g/mol. The van der Waals surface area contributed by atoms with Crippen molar-refractivity contribution < 1.29 is 4.79 Å². The Kier molecular flexibility index (Phi) is 4.35. The summed E-state index contributed by atoms with van der Waals surface area (Å²) in [4.78, 5) is 25.6. The fourth-order valence-electron chi connectivity index (χ4n) is 3.32. The number of benzene rings is 2. The summed E-state index contributed by atoms with van der Waals surface area (Å²) in [7, 11) is 0. The Hall–Kier alpha value is -3.13. The van der Waals surface area contributed by atoms with Gasteiger partial charge >= 0.3 is 0 Å². The molecular formula is C21H19N5O2S. The van der Waals surface area contributed by atoms with Gasteiger partial charge in [0, 0.05) is 6.04 Å². The van der Waals surface area contributed by atoms with Crippen molar-refractivity contribution in [3.05, 3.63) is 65.0 Å². The van der Waals surface area contributed by atoms with Crippen LogP contribution in [-0.4, -0.2) is 36.4 Å². The Morgan fingerprint density at radius 1 is 1.10 bits per heavy atom. The van der Waals surface area contributed by atoms with Gasteiger partial charge in [-0.05, 0) is 44.0 Å². The minimum atomic E-state index is -0.320. The third-order valence-corrected chi connectivity index (χ3v) is 6.03. The van der Waals surface area contributed by atoms with Crippen LogP contribution in [0.2, 0.25) is 0 Å². The van der Waals surface area contributed by atoms with Gasteiger partial charge in [-0.25, -0.2) is 4.57 Å². The minimum absolute atomic E-state index is 0.00469. The number of nitrogens with zero attached hydrogens (tertiary/aromatic N) is 4. The van der Waals surface area contributed by atoms with Crippen LogP contribution in [-0.2, 0) is 4.79 Å². The van der Waals surface area contributed by atoms with Gasteiger partial charge in [0.1, 0.15) is 0 Å². The first-order valence-electron chi connectivity index (χ1n) is 9.55.